The van der Waals surface area contributed by atoms with Crippen molar-refractivity contribution in [2.24, 2.45) is 5.73 Å². The monoisotopic (exact) mass is 128 g/mol. The summed E-state index contributed by atoms with van der Waals surface area (Å²) in [5, 5.41) is 16.5. The number of aliphatic carboxylic acids is 1. The van der Waals surface area contributed by atoms with Crippen molar-refractivity contribution in [3.8, 4) is 6.07 Å². The molecule has 4 nitrogen and oxygen atoms in total. The van der Waals surface area contributed by atoms with Gasteiger partial charge >= 0.3 is 5.97 Å². The summed E-state index contributed by atoms with van der Waals surface area (Å²) < 4.78 is 0. The number of carboxylic acids is 1. The van der Waals surface area contributed by atoms with Gasteiger partial charge < -0.3 is 10.8 Å². The molecule has 0 saturated heterocycles. The zero-order valence-electron chi connectivity index (χ0n) is 5.09. The number of hydrogen-bond acceptors (Lipinski definition) is 3. The average Bonchev–Trinajstić information content (AvgIpc) is 1.86. The molecule has 0 fully saturated rings. The van der Waals surface area contributed by atoms with Crippen LogP contribution in [0.15, 0.2) is 0 Å². The number of hydrogen-bond donors (Lipinski definition) is 2. The van der Waals surface area contributed by atoms with Crippen LogP contribution in [0.25, 0.3) is 0 Å². The SMILES string of the molecule is CCC(N)(C#N)C(=O)O. The average molecular weight is 128 g/mol. The van der Waals surface area contributed by atoms with E-state index in [2.05, 4.69) is 0 Å². The van der Waals surface area contributed by atoms with Crippen LogP contribution >= 0.6 is 0 Å². The zero-order valence-corrected chi connectivity index (χ0v) is 5.09. The number of nitrogens with zero attached hydrogens (tertiary/aromatic N) is 1. The van der Waals surface area contributed by atoms with Crippen molar-refractivity contribution in [3.63, 3.8) is 0 Å². The molecule has 0 bridgehead atoms. The van der Waals surface area contributed by atoms with Crippen LogP contribution in [0.4, 0.5) is 0 Å². The van der Waals surface area contributed by atoms with Crippen LogP contribution in [0.3, 0.4) is 0 Å². The number of nitrogens with two attached hydrogens (primary N) is 1. The van der Waals surface area contributed by atoms with Gasteiger partial charge in [-0.2, -0.15) is 5.26 Å². The standard InChI is InChI=1S/C5H8N2O2/c1-2-5(7,3-6)4(8)9/h2,7H2,1H3,(H,8,9). The van der Waals surface area contributed by atoms with E-state index < -0.39 is 11.5 Å². The fourth-order valence-electron chi connectivity index (χ4n) is 0.278. The van der Waals surface area contributed by atoms with E-state index in [4.69, 9.17) is 16.1 Å². The van der Waals surface area contributed by atoms with Crippen LogP contribution < -0.4 is 5.73 Å². The van der Waals surface area contributed by atoms with Crippen LogP contribution in [0, 0.1) is 11.3 Å². The highest BCUT2D eigenvalue weighted by Gasteiger charge is 2.31. The first-order chi connectivity index (χ1) is 4.06. The van der Waals surface area contributed by atoms with Crippen molar-refractivity contribution in [3.05, 3.63) is 0 Å². The summed E-state index contributed by atoms with van der Waals surface area (Å²) in [4.78, 5) is 10.1. The lowest BCUT2D eigenvalue weighted by molar-refractivity contribution is -0.141. The molecule has 4 heteroatoms. The van der Waals surface area contributed by atoms with Gasteiger partial charge in [0.2, 0.25) is 5.54 Å². The third-order valence-electron chi connectivity index (χ3n) is 1.14. The predicted molar refractivity (Wildman–Crippen MR) is 30.5 cm³/mol. The Kier molecular flexibility index (Phi) is 2.17. The quantitative estimate of drug-likeness (QED) is 0.534. The van der Waals surface area contributed by atoms with Crippen LogP contribution in [0.2, 0.25) is 0 Å². The Morgan fingerprint density at radius 1 is 2.00 bits per heavy atom. The van der Waals surface area contributed by atoms with Gasteiger partial charge in [0, 0.05) is 0 Å². The maximum Gasteiger partial charge on any atom is 0.338 e. The molecule has 0 saturated carbocycles. The predicted octanol–water partition coefficient (Wildman–Crippen LogP) is -0.298. The van der Waals surface area contributed by atoms with Crippen molar-refractivity contribution in [1.29, 1.82) is 5.26 Å². The number of carboxylic acid groups (broad SMARTS) is 1. The van der Waals surface area contributed by atoms with Crippen LogP contribution in [0.5, 0.6) is 0 Å². The molecule has 1 atom stereocenters. The van der Waals surface area contributed by atoms with Crippen molar-refractivity contribution in [1.82, 2.24) is 0 Å². The highest BCUT2D eigenvalue weighted by Crippen LogP contribution is 2.02. The summed E-state index contributed by atoms with van der Waals surface area (Å²) in [5.74, 6) is -1.27. The van der Waals surface area contributed by atoms with Crippen LogP contribution in [0.1, 0.15) is 13.3 Å². The normalized spacial score (nSPS) is 15.7. The molecule has 0 rings (SSSR count). The second kappa shape index (κ2) is 2.46. The van der Waals surface area contributed by atoms with E-state index in [1.165, 1.54) is 6.07 Å². The summed E-state index contributed by atoms with van der Waals surface area (Å²) in [6, 6.07) is 1.51. The van der Waals surface area contributed by atoms with Crippen molar-refractivity contribution < 1.29 is 9.90 Å². The lowest BCUT2D eigenvalue weighted by atomic mass is 10.0. The van der Waals surface area contributed by atoms with Crippen molar-refractivity contribution in [2.75, 3.05) is 0 Å². The first-order valence-electron chi connectivity index (χ1n) is 2.50. The van der Waals surface area contributed by atoms with E-state index in [0.29, 0.717) is 0 Å². The van der Waals surface area contributed by atoms with Gasteiger partial charge in [0.1, 0.15) is 0 Å². The summed E-state index contributed by atoms with van der Waals surface area (Å²) in [6.45, 7) is 1.55. The van der Waals surface area contributed by atoms with Gasteiger partial charge in [-0.15, -0.1) is 0 Å². The van der Waals surface area contributed by atoms with Gasteiger partial charge in [-0.1, -0.05) is 6.92 Å². The van der Waals surface area contributed by atoms with Gasteiger partial charge in [-0.25, -0.2) is 4.79 Å². The molecule has 0 spiro atoms. The molecule has 0 amide bonds. The van der Waals surface area contributed by atoms with Crippen molar-refractivity contribution >= 4 is 5.97 Å². The molecule has 0 aromatic rings. The Bertz CT molecular complexity index is 161. The molecular formula is C5H8N2O2. The summed E-state index contributed by atoms with van der Waals surface area (Å²) in [6.07, 6.45) is 0.124. The fraction of sp³-hybridized carbons (Fsp3) is 0.600. The number of rotatable bonds is 2. The Morgan fingerprint density at radius 2 is 2.44 bits per heavy atom. The van der Waals surface area contributed by atoms with Gasteiger partial charge in [0.25, 0.3) is 0 Å². The second-order valence-electron chi connectivity index (χ2n) is 1.74. The second-order valence-corrected chi connectivity index (χ2v) is 1.74. The lowest BCUT2D eigenvalue weighted by Gasteiger charge is -2.11. The Balaban J connectivity index is 4.33. The fourth-order valence-corrected chi connectivity index (χ4v) is 0.278. The third kappa shape index (κ3) is 1.40. The molecular weight excluding hydrogens is 120 g/mol. The third-order valence-corrected chi connectivity index (χ3v) is 1.14. The Morgan fingerprint density at radius 3 is 2.44 bits per heavy atom. The molecule has 1 unspecified atom stereocenters. The van der Waals surface area contributed by atoms with Crippen LogP contribution in [-0.2, 0) is 4.79 Å². The molecule has 3 N–H and O–H groups in total. The largest absolute Gasteiger partial charge is 0.479 e. The highest BCUT2D eigenvalue weighted by atomic mass is 16.4. The first-order valence-corrected chi connectivity index (χ1v) is 2.50. The Labute approximate surface area is 52.9 Å². The molecule has 0 aromatic carbocycles. The smallest absolute Gasteiger partial charge is 0.338 e. The lowest BCUT2D eigenvalue weighted by Crippen LogP contribution is -2.45. The minimum atomic E-state index is -1.69. The number of nitriles is 1. The maximum absolute atomic E-state index is 10.1. The van der Waals surface area contributed by atoms with Gasteiger partial charge in [0.05, 0.1) is 6.07 Å². The van der Waals surface area contributed by atoms with Gasteiger partial charge in [-0.05, 0) is 6.42 Å². The minimum absolute atomic E-state index is 0.124. The molecule has 0 aromatic heterocycles. The molecule has 9 heavy (non-hydrogen) atoms. The van der Waals surface area contributed by atoms with E-state index in [1.54, 1.807) is 6.92 Å². The molecule has 0 aliphatic heterocycles. The highest BCUT2D eigenvalue weighted by molar-refractivity contribution is 5.81. The van der Waals surface area contributed by atoms with Gasteiger partial charge in [0.15, 0.2) is 0 Å². The van der Waals surface area contributed by atoms with E-state index in [-0.39, 0.29) is 6.42 Å². The topological polar surface area (TPSA) is 87.1 Å². The summed E-state index contributed by atoms with van der Waals surface area (Å²) in [5.41, 5.74) is 3.38. The molecule has 0 radical (unpaired) electrons. The Hall–Kier alpha value is -1.08. The first kappa shape index (κ1) is 7.92. The molecule has 0 aliphatic carbocycles. The zero-order chi connectivity index (χ0) is 7.49. The summed E-state index contributed by atoms with van der Waals surface area (Å²) >= 11 is 0. The van der Waals surface area contributed by atoms with E-state index in [9.17, 15) is 4.79 Å². The maximum atomic E-state index is 10.1. The van der Waals surface area contributed by atoms with E-state index in [0.717, 1.165) is 0 Å². The number of carbonyl (C=O) groups is 1. The summed E-state index contributed by atoms with van der Waals surface area (Å²) in [7, 11) is 0. The van der Waals surface area contributed by atoms with Crippen molar-refractivity contribution in [2.45, 2.75) is 18.9 Å². The van der Waals surface area contributed by atoms with Crippen LogP contribution in [-0.4, -0.2) is 16.6 Å². The van der Waals surface area contributed by atoms with Gasteiger partial charge in [-0.3, -0.25) is 0 Å². The molecule has 0 heterocycles. The van der Waals surface area contributed by atoms with E-state index in [1.807, 2.05) is 0 Å². The van der Waals surface area contributed by atoms with E-state index >= 15 is 0 Å². The molecule has 50 valence electrons. The minimum Gasteiger partial charge on any atom is -0.479 e. The molecule has 0 aliphatic rings.